The molecule has 1 heterocycles. The van der Waals surface area contributed by atoms with Crippen molar-refractivity contribution in [2.75, 3.05) is 0 Å². The van der Waals surface area contributed by atoms with Crippen molar-refractivity contribution in [1.82, 2.24) is 4.57 Å². The summed E-state index contributed by atoms with van der Waals surface area (Å²) in [5.74, 6) is 1.59. The highest BCUT2D eigenvalue weighted by Gasteiger charge is 2.16. The molecule has 0 fully saturated rings. The molecule has 0 aliphatic heterocycles. The minimum atomic E-state index is 1.20. The fourth-order valence-corrected chi connectivity index (χ4v) is 4.35. The molecule has 0 bridgehead atoms. The van der Waals surface area contributed by atoms with Crippen LogP contribution in [0, 0.1) is 0 Å². The zero-order valence-electron chi connectivity index (χ0n) is 20.4. The molecule has 0 aromatic carbocycles. The summed E-state index contributed by atoms with van der Waals surface area (Å²) in [5, 5.41) is 0. The van der Waals surface area contributed by atoms with Gasteiger partial charge in [-0.05, 0) is 25.7 Å². The molecule has 0 saturated heterocycles. The summed E-state index contributed by atoms with van der Waals surface area (Å²) in [7, 11) is 0. The second-order valence-electron chi connectivity index (χ2n) is 9.15. The predicted octanol–water partition coefficient (Wildman–Crippen LogP) is 8.40. The van der Waals surface area contributed by atoms with Gasteiger partial charge >= 0.3 is 0 Å². The molecule has 0 radical (unpaired) electrons. The molecule has 1 aromatic heterocycles. The van der Waals surface area contributed by atoms with Crippen LogP contribution in [-0.2, 0) is 19.5 Å². The van der Waals surface area contributed by atoms with Crippen LogP contribution >= 0.6 is 0 Å². The van der Waals surface area contributed by atoms with E-state index in [0.29, 0.717) is 0 Å². The molecule has 2 nitrogen and oxygen atoms in total. The van der Waals surface area contributed by atoms with E-state index in [9.17, 15) is 0 Å². The van der Waals surface area contributed by atoms with Gasteiger partial charge in [0.2, 0.25) is 0 Å². The van der Waals surface area contributed by atoms with Gasteiger partial charge in [-0.15, -0.1) is 0 Å². The van der Waals surface area contributed by atoms with Crippen molar-refractivity contribution >= 4 is 0 Å². The Hall–Kier alpha value is -0.790. The van der Waals surface area contributed by atoms with Crippen LogP contribution in [0.4, 0.5) is 0 Å². The second-order valence-corrected chi connectivity index (χ2v) is 9.15. The summed E-state index contributed by atoms with van der Waals surface area (Å²) < 4.78 is 5.13. The van der Waals surface area contributed by atoms with Crippen molar-refractivity contribution in [3.63, 3.8) is 0 Å². The zero-order valence-corrected chi connectivity index (χ0v) is 20.4. The first-order chi connectivity index (χ1) is 14.3. The van der Waals surface area contributed by atoms with Crippen molar-refractivity contribution in [1.29, 1.82) is 0 Å². The van der Waals surface area contributed by atoms with E-state index in [1.165, 1.54) is 135 Å². The highest BCUT2D eigenvalue weighted by molar-refractivity contribution is 4.84. The summed E-state index contributed by atoms with van der Waals surface area (Å²) in [6, 6.07) is 0. The summed E-state index contributed by atoms with van der Waals surface area (Å²) in [6.07, 6.45) is 31.1. The average molecular weight is 406 g/mol. The Bertz CT molecular complexity index is 463. The number of imidazole rings is 1. The van der Waals surface area contributed by atoms with Crippen LogP contribution in [-0.4, -0.2) is 4.57 Å². The lowest BCUT2D eigenvalue weighted by atomic mass is 10.1. The Morgan fingerprint density at radius 1 is 0.586 bits per heavy atom. The molecule has 170 valence electrons. The van der Waals surface area contributed by atoms with E-state index >= 15 is 0 Å². The van der Waals surface area contributed by atoms with E-state index < -0.39 is 0 Å². The normalized spacial score (nSPS) is 11.4. The molecule has 1 rings (SSSR count). The minimum Gasteiger partial charge on any atom is -0.234 e. The van der Waals surface area contributed by atoms with E-state index in [1.807, 2.05) is 0 Å². The fraction of sp³-hybridized carbons (Fsp3) is 0.889. The summed E-state index contributed by atoms with van der Waals surface area (Å²) in [5.41, 5.74) is 0. The third-order valence-corrected chi connectivity index (χ3v) is 6.35. The monoisotopic (exact) mass is 405 g/mol. The highest BCUT2D eigenvalue weighted by atomic mass is 15.1. The van der Waals surface area contributed by atoms with Crippen LogP contribution in [0.15, 0.2) is 12.4 Å². The molecule has 0 atom stereocenters. The molecule has 1 aromatic rings. The number of aryl methyl sites for hydroxylation is 2. The lowest BCUT2D eigenvalue weighted by Gasteiger charge is -2.06. The van der Waals surface area contributed by atoms with Crippen molar-refractivity contribution in [3.05, 3.63) is 18.2 Å². The first-order valence-electron chi connectivity index (χ1n) is 13.4. The number of rotatable bonds is 21. The van der Waals surface area contributed by atoms with Crippen molar-refractivity contribution < 1.29 is 4.57 Å². The molecular formula is C27H53N2+. The molecular weight excluding hydrogens is 352 g/mol. The molecule has 0 spiro atoms. The van der Waals surface area contributed by atoms with Gasteiger partial charge in [0.15, 0.2) is 0 Å². The maximum absolute atomic E-state index is 2.58. The van der Waals surface area contributed by atoms with Gasteiger partial charge in [0.25, 0.3) is 5.82 Å². The zero-order chi connectivity index (χ0) is 21.0. The topological polar surface area (TPSA) is 8.81 Å². The van der Waals surface area contributed by atoms with Crippen LogP contribution in [0.5, 0.6) is 0 Å². The lowest BCUT2D eigenvalue weighted by Crippen LogP contribution is -2.37. The van der Waals surface area contributed by atoms with E-state index in [4.69, 9.17) is 0 Å². The van der Waals surface area contributed by atoms with Gasteiger partial charge in [0, 0.05) is 6.42 Å². The summed E-state index contributed by atoms with van der Waals surface area (Å²) in [6.45, 7) is 9.33. The number of aromatic nitrogens is 2. The number of nitrogens with zero attached hydrogens (tertiary/aromatic N) is 2. The molecule has 0 amide bonds. The van der Waals surface area contributed by atoms with Gasteiger partial charge in [-0.2, -0.15) is 0 Å². The standard InChI is InChI=1S/C27H53N2/c1-4-7-10-12-14-16-18-20-22-27-28(23-9-6-3)25-26-29(27)24-21-19-17-15-13-11-8-5-2/h25-26H,4-24H2,1-3H3/q+1. The first-order valence-corrected chi connectivity index (χ1v) is 13.4. The van der Waals surface area contributed by atoms with Crippen LogP contribution < -0.4 is 4.57 Å². The average Bonchev–Trinajstić information content (AvgIpc) is 3.12. The van der Waals surface area contributed by atoms with Crippen LogP contribution in [0.3, 0.4) is 0 Å². The quantitative estimate of drug-likeness (QED) is 0.143. The SMILES string of the molecule is CCCCCCCCCCc1n(CCCC)cc[n+]1CCCCCCCCCC. The van der Waals surface area contributed by atoms with Gasteiger partial charge in [0.05, 0.1) is 13.1 Å². The van der Waals surface area contributed by atoms with E-state index in [-0.39, 0.29) is 0 Å². The molecule has 0 aliphatic rings. The number of hydrogen-bond acceptors (Lipinski definition) is 0. The third-order valence-electron chi connectivity index (χ3n) is 6.35. The van der Waals surface area contributed by atoms with Gasteiger partial charge in [-0.1, -0.05) is 111 Å². The van der Waals surface area contributed by atoms with Crippen LogP contribution in [0.1, 0.15) is 142 Å². The van der Waals surface area contributed by atoms with Crippen LogP contribution in [0.25, 0.3) is 0 Å². The van der Waals surface area contributed by atoms with E-state index in [0.717, 1.165) is 0 Å². The molecule has 29 heavy (non-hydrogen) atoms. The molecule has 0 N–H and O–H groups in total. The predicted molar refractivity (Wildman–Crippen MR) is 128 cm³/mol. The fourth-order valence-electron chi connectivity index (χ4n) is 4.35. The summed E-state index contributed by atoms with van der Waals surface area (Å²) >= 11 is 0. The van der Waals surface area contributed by atoms with E-state index in [2.05, 4.69) is 42.3 Å². The second kappa shape index (κ2) is 19.2. The Morgan fingerprint density at radius 2 is 1.07 bits per heavy atom. The summed E-state index contributed by atoms with van der Waals surface area (Å²) in [4.78, 5) is 0. The van der Waals surface area contributed by atoms with Crippen molar-refractivity contribution in [2.45, 2.75) is 156 Å². The molecule has 0 aliphatic carbocycles. The maximum atomic E-state index is 2.58. The van der Waals surface area contributed by atoms with Crippen LogP contribution in [0.2, 0.25) is 0 Å². The van der Waals surface area contributed by atoms with Crippen molar-refractivity contribution in [3.8, 4) is 0 Å². The van der Waals surface area contributed by atoms with E-state index in [1.54, 1.807) is 5.82 Å². The minimum absolute atomic E-state index is 1.20. The Labute approximate surface area is 183 Å². The van der Waals surface area contributed by atoms with Gasteiger partial charge in [0.1, 0.15) is 12.4 Å². The Morgan fingerprint density at radius 3 is 1.62 bits per heavy atom. The van der Waals surface area contributed by atoms with Gasteiger partial charge in [-0.25, -0.2) is 9.13 Å². The van der Waals surface area contributed by atoms with Gasteiger partial charge in [-0.3, -0.25) is 0 Å². The first kappa shape index (κ1) is 26.2. The largest absolute Gasteiger partial charge is 0.256 e. The third kappa shape index (κ3) is 13.2. The highest BCUT2D eigenvalue weighted by Crippen LogP contribution is 2.12. The smallest absolute Gasteiger partial charge is 0.234 e. The molecule has 0 unspecified atom stereocenters. The number of hydrogen-bond donors (Lipinski definition) is 0. The Kier molecular flexibility index (Phi) is 17.4. The Balaban J connectivity index is 2.30. The van der Waals surface area contributed by atoms with Crippen molar-refractivity contribution in [2.24, 2.45) is 0 Å². The molecule has 0 saturated carbocycles. The lowest BCUT2D eigenvalue weighted by molar-refractivity contribution is -0.704. The number of unbranched alkanes of at least 4 members (excludes halogenated alkanes) is 15. The maximum Gasteiger partial charge on any atom is 0.256 e. The van der Waals surface area contributed by atoms with Gasteiger partial charge < -0.3 is 0 Å². The molecule has 2 heteroatoms.